The molecule has 3 aromatic carbocycles. The van der Waals surface area contributed by atoms with Crippen molar-refractivity contribution in [2.24, 2.45) is 0 Å². The minimum atomic E-state index is 0.381. The third-order valence-corrected chi connectivity index (χ3v) is 4.11. The Kier molecular flexibility index (Phi) is 3.63. The van der Waals surface area contributed by atoms with Gasteiger partial charge in [-0.05, 0) is 17.0 Å². The molecule has 0 fully saturated rings. The number of fused-ring (bicyclic) bond motifs is 1. The molecule has 0 unspecified atom stereocenters. The van der Waals surface area contributed by atoms with E-state index in [2.05, 4.69) is 28.5 Å². The van der Waals surface area contributed by atoms with E-state index in [0.717, 1.165) is 34.0 Å². The summed E-state index contributed by atoms with van der Waals surface area (Å²) in [5.74, 6) is 0. The van der Waals surface area contributed by atoms with Gasteiger partial charge in [-0.2, -0.15) is 0 Å². The lowest BCUT2D eigenvalue weighted by Gasteiger charge is -2.10. The Labute approximate surface area is 139 Å². The van der Waals surface area contributed by atoms with Crippen LogP contribution in [0.4, 0.5) is 0 Å². The van der Waals surface area contributed by atoms with Crippen LogP contribution in [0.1, 0.15) is 21.7 Å². The lowest BCUT2D eigenvalue weighted by atomic mass is 10.1. The molecule has 24 heavy (non-hydrogen) atoms. The van der Waals surface area contributed by atoms with Crippen molar-refractivity contribution in [1.82, 2.24) is 15.0 Å². The molecule has 4 rings (SSSR count). The zero-order chi connectivity index (χ0) is 16.4. The molecule has 0 radical (unpaired) electrons. The van der Waals surface area contributed by atoms with Gasteiger partial charge in [0.2, 0.25) is 0 Å². The fourth-order valence-electron chi connectivity index (χ4n) is 2.95. The van der Waals surface area contributed by atoms with E-state index in [1.54, 1.807) is 4.68 Å². The molecule has 0 bridgehead atoms. The highest BCUT2D eigenvalue weighted by Gasteiger charge is 2.15. The highest BCUT2D eigenvalue weighted by atomic mass is 16.1. The minimum Gasteiger partial charge on any atom is -0.296 e. The number of aromatic nitrogens is 3. The molecule has 1 aromatic heterocycles. The standard InChI is InChI=1S/C20H15N3O/c24-14-18-20(13-15-7-2-1-3-8-15)23(22-21-18)19-12-6-10-16-9-4-5-11-17(16)19/h1-12,14H,13H2. The quantitative estimate of drug-likeness (QED) is 0.538. The maximum atomic E-state index is 11.4. The molecule has 0 saturated carbocycles. The van der Waals surface area contributed by atoms with Gasteiger partial charge in [-0.25, -0.2) is 4.68 Å². The van der Waals surface area contributed by atoms with Crippen molar-refractivity contribution in [1.29, 1.82) is 0 Å². The highest BCUT2D eigenvalue weighted by molar-refractivity contribution is 5.90. The Balaban J connectivity index is 1.89. The van der Waals surface area contributed by atoms with Crippen LogP contribution in [-0.4, -0.2) is 21.3 Å². The van der Waals surface area contributed by atoms with E-state index in [4.69, 9.17) is 0 Å². The largest absolute Gasteiger partial charge is 0.296 e. The third-order valence-electron chi connectivity index (χ3n) is 4.11. The Morgan fingerprint density at radius 2 is 1.62 bits per heavy atom. The zero-order valence-corrected chi connectivity index (χ0v) is 13.0. The Morgan fingerprint density at radius 1 is 0.875 bits per heavy atom. The van der Waals surface area contributed by atoms with Crippen LogP contribution in [0.5, 0.6) is 0 Å². The Morgan fingerprint density at radius 3 is 2.46 bits per heavy atom. The van der Waals surface area contributed by atoms with Crippen molar-refractivity contribution < 1.29 is 4.79 Å². The van der Waals surface area contributed by atoms with Crippen molar-refractivity contribution in [2.75, 3.05) is 0 Å². The zero-order valence-electron chi connectivity index (χ0n) is 13.0. The summed E-state index contributed by atoms with van der Waals surface area (Å²) in [5, 5.41) is 10.5. The molecule has 4 nitrogen and oxygen atoms in total. The van der Waals surface area contributed by atoms with E-state index < -0.39 is 0 Å². The number of nitrogens with zero attached hydrogens (tertiary/aromatic N) is 3. The van der Waals surface area contributed by atoms with E-state index in [1.807, 2.05) is 54.6 Å². The van der Waals surface area contributed by atoms with Crippen LogP contribution in [0.25, 0.3) is 16.5 Å². The molecule has 116 valence electrons. The highest BCUT2D eigenvalue weighted by Crippen LogP contribution is 2.24. The van der Waals surface area contributed by atoms with E-state index in [-0.39, 0.29) is 0 Å². The van der Waals surface area contributed by atoms with Gasteiger partial charge >= 0.3 is 0 Å². The van der Waals surface area contributed by atoms with Gasteiger partial charge in [-0.3, -0.25) is 4.79 Å². The summed E-state index contributed by atoms with van der Waals surface area (Å²) < 4.78 is 1.78. The second-order valence-electron chi connectivity index (χ2n) is 5.61. The minimum absolute atomic E-state index is 0.381. The van der Waals surface area contributed by atoms with E-state index >= 15 is 0 Å². The van der Waals surface area contributed by atoms with Gasteiger partial charge in [0.05, 0.1) is 11.4 Å². The predicted molar refractivity (Wildman–Crippen MR) is 93.5 cm³/mol. The molecule has 0 spiro atoms. The summed E-state index contributed by atoms with van der Waals surface area (Å²) in [7, 11) is 0. The number of aldehydes is 1. The molecular weight excluding hydrogens is 298 g/mol. The lowest BCUT2D eigenvalue weighted by molar-refractivity contribution is 0.111. The van der Waals surface area contributed by atoms with E-state index in [9.17, 15) is 4.79 Å². The molecule has 0 aliphatic heterocycles. The predicted octanol–water partition coefficient (Wildman–Crippen LogP) is 3.82. The lowest BCUT2D eigenvalue weighted by Crippen LogP contribution is -2.05. The fraction of sp³-hybridized carbons (Fsp3) is 0.0500. The second-order valence-corrected chi connectivity index (χ2v) is 5.61. The van der Waals surface area contributed by atoms with Crippen LogP contribution in [0, 0.1) is 0 Å². The first kappa shape index (κ1) is 14.3. The van der Waals surface area contributed by atoms with Gasteiger partial charge in [0, 0.05) is 11.8 Å². The SMILES string of the molecule is O=Cc1nnn(-c2cccc3ccccc23)c1Cc1ccccc1. The number of rotatable bonds is 4. The van der Waals surface area contributed by atoms with Gasteiger partial charge in [0.1, 0.15) is 5.69 Å². The van der Waals surface area contributed by atoms with E-state index in [1.165, 1.54) is 0 Å². The third kappa shape index (κ3) is 2.48. The van der Waals surface area contributed by atoms with Crippen LogP contribution in [0.15, 0.2) is 72.8 Å². The number of benzene rings is 3. The molecule has 0 saturated heterocycles. The molecule has 4 heteroatoms. The first-order valence-electron chi connectivity index (χ1n) is 7.78. The van der Waals surface area contributed by atoms with Crippen LogP contribution < -0.4 is 0 Å². The van der Waals surface area contributed by atoms with Crippen molar-refractivity contribution in [3.8, 4) is 5.69 Å². The van der Waals surface area contributed by atoms with Crippen molar-refractivity contribution in [3.63, 3.8) is 0 Å². The van der Waals surface area contributed by atoms with E-state index in [0.29, 0.717) is 12.1 Å². The summed E-state index contributed by atoms with van der Waals surface area (Å²) in [6.45, 7) is 0. The molecule has 0 N–H and O–H groups in total. The summed E-state index contributed by atoms with van der Waals surface area (Å²) in [5.41, 5.74) is 3.23. The maximum Gasteiger partial charge on any atom is 0.172 e. The average molecular weight is 313 g/mol. The maximum absolute atomic E-state index is 11.4. The monoisotopic (exact) mass is 313 g/mol. The second kappa shape index (κ2) is 6.08. The van der Waals surface area contributed by atoms with Crippen LogP contribution >= 0.6 is 0 Å². The summed E-state index contributed by atoms with van der Waals surface area (Å²) in [4.78, 5) is 11.4. The van der Waals surface area contributed by atoms with Crippen molar-refractivity contribution >= 4 is 17.1 Å². The molecule has 1 heterocycles. The number of carbonyl (C=O) groups excluding carboxylic acids is 1. The topological polar surface area (TPSA) is 47.8 Å². The van der Waals surface area contributed by atoms with Crippen LogP contribution in [0.3, 0.4) is 0 Å². The fourth-order valence-corrected chi connectivity index (χ4v) is 2.95. The Bertz CT molecular complexity index is 1000. The van der Waals surface area contributed by atoms with Gasteiger partial charge in [0.25, 0.3) is 0 Å². The number of carbonyl (C=O) groups is 1. The van der Waals surface area contributed by atoms with Crippen LogP contribution in [-0.2, 0) is 6.42 Å². The van der Waals surface area contributed by atoms with Gasteiger partial charge < -0.3 is 0 Å². The smallest absolute Gasteiger partial charge is 0.172 e. The Hall–Kier alpha value is -3.27. The normalized spacial score (nSPS) is 10.8. The van der Waals surface area contributed by atoms with Crippen molar-refractivity contribution in [3.05, 3.63) is 89.7 Å². The van der Waals surface area contributed by atoms with Gasteiger partial charge in [0.15, 0.2) is 6.29 Å². The number of hydrogen-bond donors (Lipinski definition) is 0. The molecular formula is C20H15N3O. The average Bonchev–Trinajstić information content (AvgIpc) is 3.04. The molecule has 0 aliphatic carbocycles. The first-order valence-corrected chi connectivity index (χ1v) is 7.78. The first-order chi connectivity index (χ1) is 11.9. The van der Waals surface area contributed by atoms with Gasteiger partial charge in [-0.15, -0.1) is 5.10 Å². The summed E-state index contributed by atoms with van der Waals surface area (Å²) in [6.07, 6.45) is 1.37. The molecule has 0 amide bonds. The van der Waals surface area contributed by atoms with Gasteiger partial charge in [-0.1, -0.05) is 71.9 Å². The molecule has 0 atom stereocenters. The van der Waals surface area contributed by atoms with Crippen LogP contribution in [0.2, 0.25) is 0 Å². The number of hydrogen-bond acceptors (Lipinski definition) is 3. The van der Waals surface area contributed by atoms with Crippen molar-refractivity contribution in [2.45, 2.75) is 6.42 Å². The summed E-state index contributed by atoms with van der Waals surface area (Å²) in [6, 6.07) is 24.2. The summed E-state index contributed by atoms with van der Waals surface area (Å²) >= 11 is 0. The molecule has 0 aliphatic rings. The molecule has 4 aromatic rings.